The van der Waals surface area contributed by atoms with Crippen molar-refractivity contribution in [1.82, 2.24) is 0 Å². The molecule has 1 fully saturated rings. The lowest BCUT2D eigenvalue weighted by Gasteiger charge is -2.30. The molecular weight excluding hydrogens is 400 g/mol. The van der Waals surface area contributed by atoms with Gasteiger partial charge in [0.05, 0.1) is 50.9 Å². The molecule has 8 heteroatoms. The van der Waals surface area contributed by atoms with Crippen molar-refractivity contribution in [2.45, 2.75) is 19.3 Å². The van der Waals surface area contributed by atoms with E-state index in [2.05, 4.69) is 10.2 Å². The van der Waals surface area contributed by atoms with Gasteiger partial charge in [-0.2, -0.15) is 0 Å². The molecule has 31 heavy (non-hydrogen) atoms. The Morgan fingerprint density at radius 1 is 0.871 bits per heavy atom. The summed E-state index contributed by atoms with van der Waals surface area (Å²) in [6.45, 7) is 1.78. The molecule has 1 N–H and O–H groups in total. The molecule has 1 aliphatic heterocycles. The van der Waals surface area contributed by atoms with Gasteiger partial charge >= 0.3 is 5.97 Å². The van der Waals surface area contributed by atoms with E-state index in [1.165, 1.54) is 34.9 Å². The van der Waals surface area contributed by atoms with Crippen LogP contribution in [0.2, 0.25) is 0 Å². The number of nitrogens with zero attached hydrogens (tertiary/aromatic N) is 1. The number of nitrogens with one attached hydrogen (secondary N) is 1. The van der Waals surface area contributed by atoms with E-state index in [1.807, 2.05) is 6.07 Å². The second-order valence-corrected chi connectivity index (χ2v) is 7.11. The average Bonchev–Trinajstić information content (AvgIpc) is 2.82. The minimum Gasteiger partial charge on any atom is -0.493 e. The topological polar surface area (TPSA) is 86.3 Å². The van der Waals surface area contributed by atoms with Gasteiger partial charge in [-0.25, -0.2) is 4.79 Å². The summed E-state index contributed by atoms with van der Waals surface area (Å²) in [5, 5.41) is 2.94. The van der Waals surface area contributed by atoms with Crippen molar-refractivity contribution in [2.24, 2.45) is 0 Å². The number of anilines is 2. The third kappa shape index (κ3) is 4.68. The van der Waals surface area contributed by atoms with Crippen molar-refractivity contribution < 1.29 is 28.5 Å². The van der Waals surface area contributed by atoms with Gasteiger partial charge in [0.15, 0.2) is 11.5 Å². The van der Waals surface area contributed by atoms with Gasteiger partial charge in [0, 0.05) is 13.1 Å². The smallest absolute Gasteiger partial charge is 0.337 e. The molecule has 2 aromatic rings. The fraction of sp³-hybridized carbons (Fsp3) is 0.391. The molecule has 0 radical (unpaired) electrons. The molecule has 0 aromatic heterocycles. The first-order chi connectivity index (χ1) is 15.0. The van der Waals surface area contributed by atoms with Crippen LogP contribution in [-0.4, -0.2) is 53.4 Å². The molecular formula is C23H28N2O6. The number of benzene rings is 2. The van der Waals surface area contributed by atoms with Gasteiger partial charge in [0.2, 0.25) is 5.75 Å². The van der Waals surface area contributed by atoms with Crippen LogP contribution in [0.1, 0.15) is 40.0 Å². The van der Waals surface area contributed by atoms with Gasteiger partial charge in [-0.1, -0.05) is 0 Å². The normalized spacial score (nSPS) is 13.4. The molecule has 0 spiro atoms. The summed E-state index contributed by atoms with van der Waals surface area (Å²) in [5.41, 5.74) is 2.04. The summed E-state index contributed by atoms with van der Waals surface area (Å²) in [6.07, 6.45) is 3.34. The Kier molecular flexibility index (Phi) is 7.23. The van der Waals surface area contributed by atoms with Crippen molar-refractivity contribution in [3.63, 3.8) is 0 Å². The predicted octanol–water partition coefficient (Wildman–Crippen LogP) is 3.74. The maximum Gasteiger partial charge on any atom is 0.337 e. The van der Waals surface area contributed by atoms with Gasteiger partial charge in [-0.05, 0) is 49.6 Å². The number of hydrogen-bond acceptors (Lipinski definition) is 7. The standard InChI is InChI=1S/C23H28N2O6/c1-28-19-11-9-16(20(29-2)21(19)30-3)22(26)24-17-14-15(23(27)31-4)8-10-18(17)25-12-6-5-7-13-25/h8-11,14H,5-7,12-13H2,1-4H3,(H,24,26). The molecule has 0 bridgehead atoms. The highest BCUT2D eigenvalue weighted by molar-refractivity contribution is 6.09. The fourth-order valence-corrected chi connectivity index (χ4v) is 3.76. The van der Waals surface area contributed by atoms with E-state index in [0.29, 0.717) is 22.7 Å². The Morgan fingerprint density at radius 3 is 2.19 bits per heavy atom. The zero-order chi connectivity index (χ0) is 22.4. The number of esters is 1. The highest BCUT2D eigenvalue weighted by atomic mass is 16.5. The summed E-state index contributed by atoms with van der Waals surface area (Å²) < 4.78 is 21.0. The Bertz CT molecular complexity index is 953. The van der Waals surface area contributed by atoms with Crippen LogP contribution in [-0.2, 0) is 4.74 Å². The predicted molar refractivity (Wildman–Crippen MR) is 118 cm³/mol. The van der Waals surface area contributed by atoms with Crippen molar-refractivity contribution in [3.05, 3.63) is 41.5 Å². The van der Waals surface area contributed by atoms with Crippen LogP contribution in [0.15, 0.2) is 30.3 Å². The van der Waals surface area contributed by atoms with E-state index in [-0.39, 0.29) is 11.3 Å². The maximum atomic E-state index is 13.2. The van der Waals surface area contributed by atoms with E-state index >= 15 is 0 Å². The molecule has 0 unspecified atom stereocenters. The van der Waals surface area contributed by atoms with Crippen molar-refractivity contribution >= 4 is 23.3 Å². The maximum absolute atomic E-state index is 13.2. The van der Waals surface area contributed by atoms with Crippen LogP contribution in [0, 0.1) is 0 Å². The number of hydrogen-bond donors (Lipinski definition) is 1. The number of ether oxygens (including phenoxy) is 4. The number of amides is 1. The molecule has 0 saturated carbocycles. The summed E-state index contributed by atoms with van der Waals surface area (Å²) in [7, 11) is 5.79. The van der Waals surface area contributed by atoms with Crippen LogP contribution >= 0.6 is 0 Å². The lowest BCUT2D eigenvalue weighted by atomic mass is 10.1. The van der Waals surface area contributed by atoms with E-state index < -0.39 is 11.9 Å². The molecule has 166 valence electrons. The van der Waals surface area contributed by atoms with Crippen LogP contribution in [0.4, 0.5) is 11.4 Å². The molecule has 1 saturated heterocycles. The highest BCUT2D eigenvalue weighted by Gasteiger charge is 2.23. The molecule has 8 nitrogen and oxygen atoms in total. The quantitative estimate of drug-likeness (QED) is 0.672. The van der Waals surface area contributed by atoms with Gasteiger partial charge in [0.25, 0.3) is 5.91 Å². The third-order valence-electron chi connectivity index (χ3n) is 5.31. The second kappa shape index (κ2) is 10.1. The molecule has 1 amide bonds. The molecule has 1 aliphatic rings. The SMILES string of the molecule is COC(=O)c1ccc(N2CCCCC2)c(NC(=O)c2ccc(OC)c(OC)c2OC)c1. The number of piperidine rings is 1. The van der Waals surface area contributed by atoms with Crippen molar-refractivity contribution in [1.29, 1.82) is 0 Å². The van der Waals surface area contributed by atoms with Crippen molar-refractivity contribution in [3.8, 4) is 17.2 Å². The Balaban J connectivity index is 2.00. The third-order valence-corrected chi connectivity index (χ3v) is 5.31. The molecule has 3 rings (SSSR count). The van der Waals surface area contributed by atoms with Crippen LogP contribution in [0.3, 0.4) is 0 Å². The molecule has 0 aliphatic carbocycles. The number of carbonyl (C=O) groups is 2. The zero-order valence-corrected chi connectivity index (χ0v) is 18.3. The zero-order valence-electron chi connectivity index (χ0n) is 18.3. The molecule has 0 atom stereocenters. The van der Waals surface area contributed by atoms with Gasteiger partial charge in [-0.15, -0.1) is 0 Å². The summed E-state index contributed by atoms with van der Waals surface area (Å²) in [6, 6.07) is 8.45. The van der Waals surface area contributed by atoms with E-state index in [0.717, 1.165) is 31.6 Å². The van der Waals surface area contributed by atoms with Crippen LogP contribution in [0.25, 0.3) is 0 Å². The Labute approximate surface area is 182 Å². The van der Waals surface area contributed by atoms with E-state index in [4.69, 9.17) is 18.9 Å². The van der Waals surface area contributed by atoms with Gasteiger partial charge < -0.3 is 29.2 Å². The first-order valence-corrected chi connectivity index (χ1v) is 10.1. The molecule has 2 aromatic carbocycles. The highest BCUT2D eigenvalue weighted by Crippen LogP contribution is 2.40. The van der Waals surface area contributed by atoms with Crippen LogP contribution < -0.4 is 24.4 Å². The summed E-state index contributed by atoms with van der Waals surface area (Å²) in [4.78, 5) is 27.5. The van der Waals surface area contributed by atoms with Crippen LogP contribution in [0.5, 0.6) is 17.2 Å². The minimum absolute atomic E-state index is 0.267. The average molecular weight is 428 g/mol. The molecule has 1 heterocycles. The first kappa shape index (κ1) is 22.3. The number of rotatable bonds is 7. The second-order valence-electron chi connectivity index (χ2n) is 7.11. The Hall–Kier alpha value is -3.42. The first-order valence-electron chi connectivity index (χ1n) is 10.1. The lowest BCUT2D eigenvalue weighted by molar-refractivity contribution is 0.0600. The lowest BCUT2D eigenvalue weighted by Crippen LogP contribution is -2.30. The Morgan fingerprint density at radius 2 is 1.58 bits per heavy atom. The minimum atomic E-state index is -0.468. The van der Waals surface area contributed by atoms with Gasteiger partial charge in [-0.3, -0.25) is 4.79 Å². The number of methoxy groups -OCH3 is 4. The number of carbonyl (C=O) groups excluding carboxylic acids is 2. The largest absolute Gasteiger partial charge is 0.493 e. The van der Waals surface area contributed by atoms with E-state index in [1.54, 1.807) is 24.3 Å². The van der Waals surface area contributed by atoms with E-state index in [9.17, 15) is 9.59 Å². The van der Waals surface area contributed by atoms with Gasteiger partial charge in [0.1, 0.15) is 0 Å². The van der Waals surface area contributed by atoms with Crippen molar-refractivity contribution in [2.75, 3.05) is 51.7 Å². The monoisotopic (exact) mass is 428 g/mol. The summed E-state index contributed by atoms with van der Waals surface area (Å²) in [5.74, 6) is 0.195. The summed E-state index contributed by atoms with van der Waals surface area (Å²) >= 11 is 0. The fourth-order valence-electron chi connectivity index (χ4n) is 3.76.